The average Bonchev–Trinajstić information content (AvgIpc) is 3.01. The summed E-state index contributed by atoms with van der Waals surface area (Å²) in [5.74, 6) is -2.00. The molecule has 1 aliphatic rings. The maximum absolute atomic E-state index is 12.9. The van der Waals surface area contributed by atoms with E-state index in [-0.39, 0.29) is 20.5 Å². The lowest BCUT2D eigenvalue weighted by molar-refractivity contribution is -0.398. The first-order valence-corrected chi connectivity index (χ1v) is 9.49. The van der Waals surface area contributed by atoms with Gasteiger partial charge >= 0.3 is 5.97 Å². The quantitative estimate of drug-likeness (QED) is 0.225. The highest BCUT2D eigenvalue weighted by molar-refractivity contribution is 8.27. The van der Waals surface area contributed by atoms with Gasteiger partial charge in [0.1, 0.15) is 5.75 Å². The van der Waals surface area contributed by atoms with Crippen molar-refractivity contribution in [2.45, 2.75) is 0 Å². The highest BCUT2D eigenvalue weighted by Gasteiger charge is 2.33. The molecule has 0 bridgehead atoms. The van der Waals surface area contributed by atoms with Gasteiger partial charge in [-0.25, -0.2) is 4.79 Å². The van der Waals surface area contributed by atoms with Crippen molar-refractivity contribution < 1.29 is 29.1 Å². The Kier molecular flexibility index (Phi) is 6.04. The van der Waals surface area contributed by atoms with Gasteiger partial charge in [0.15, 0.2) is 4.32 Å². The molecule has 30 heavy (non-hydrogen) atoms. The van der Waals surface area contributed by atoms with E-state index >= 15 is 0 Å². The van der Waals surface area contributed by atoms with Crippen LogP contribution in [0.2, 0.25) is 0 Å². The maximum Gasteiger partial charge on any atom is 0.337 e. The Morgan fingerprint density at radius 1 is 1.23 bits per heavy atom. The summed E-state index contributed by atoms with van der Waals surface area (Å²) in [4.78, 5) is 36.2. The van der Waals surface area contributed by atoms with Gasteiger partial charge in [-0.1, -0.05) is 24.0 Å². The van der Waals surface area contributed by atoms with Gasteiger partial charge in [0.25, 0.3) is 11.6 Å². The minimum absolute atomic E-state index is 0.204. The highest BCUT2D eigenvalue weighted by Crippen LogP contribution is 2.39. The summed E-state index contributed by atoms with van der Waals surface area (Å²) in [5.41, 5.74) is 0.362. The lowest BCUT2D eigenvalue weighted by Crippen LogP contribution is -2.27. The summed E-state index contributed by atoms with van der Waals surface area (Å²) in [6, 6.07) is 8.50. The minimum atomic E-state index is -0.849. The van der Waals surface area contributed by atoms with Crippen LogP contribution in [0.5, 0.6) is 11.5 Å². The summed E-state index contributed by atoms with van der Waals surface area (Å²) < 4.78 is 9.80. The zero-order chi connectivity index (χ0) is 22.0. The van der Waals surface area contributed by atoms with Crippen molar-refractivity contribution in [3.63, 3.8) is 0 Å². The molecule has 1 amide bonds. The minimum Gasteiger partial charge on any atom is -0.865 e. The molecule has 0 unspecified atom stereocenters. The van der Waals surface area contributed by atoms with E-state index in [1.54, 1.807) is 12.1 Å². The van der Waals surface area contributed by atoms with E-state index in [0.717, 1.165) is 17.8 Å². The average molecular weight is 445 g/mol. The Balaban J connectivity index is 1.95. The monoisotopic (exact) mass is 445 g/mol. The molecule has 1 fully saturated rings. The predicted molar refractivity (Wildman–Crippen MR) is 113 cm³/mol. The van der Waals surface area contributed by atoms with E-state index < -0.39 is 28.2 Å². The van der Waals surface area contributed by atoms with Crippen LogP contribution >= 0.6 is 24.0 Å². The molecule has 0 aromatic heterocycles. The van der Waals surface area contributed by atoms with Crippen molar-refractivity contribution in [1.82, 2.24) is 0 Å². The Morgan fingerprint density at radius 2 is 1.90 bits per heavy atom. The molecule has 9 nitrogen and oxygen atoms in total. The first kappa shape index (κ1) is 21.3. The number of anilines is 1. The second-order valence-electron chi connectivity index (χ2n) is 5.88. The number of hydrogen-bond donors (Lipinski definition) is 0. The molecule has 11 heteroatoms. The number of carbonyl (C=O) groups excluding carboxylic acids is 2. The van der Waals surface area contributed by atoms with E-state index in [1.807, 2.05) is 0 Å². The van der Waals surface area contributed by atoms with Gasteiger partial charge in [0.2, 0.25) is 0 Å². The second kappa shape index (κ2) is 8.51. The molecular formula is C19H13N2O7S2-. The molecule has 1 aliphatic heterocycles. The number of ether oxygens (including phenoxy) is 2. The van der Waals surface area contributed by atoms with Crippen LogP contribution in [-0.4, -0.2) is 35.3 Å². The maximum atomic E-state index is 12.9. The highest BCUT2D eigenvalue weighted by atomic mass is 32.2. The fraction of sp³-hybridized carbons (Fsp3) is 0.105. The van der Waals surface area contributed by atoms with Crippen molar-refractivity contribution in [3.05, 3.63) is 62.5 Å². The number of benzene rings is 2. The number of thiocarbonyl (C=S) groups is 1. The van der Waals surface area contributed by atoms with Crippen molar-refractivity contribution in [1.29, 1.82) is 0 Å². The van der Waals surface area contributed by atoms with Gasteiger partial charge in [0.05, 0.1) is 35.3 Å². The summed E-state index contributed by atoms with van der Waals surface area (Å²) in [6.07, 6.45) is 1.40. The van der Waals surface area contributed by atoms with Gasteiger partial charge in [0, 0.05) is 11.8 Å². The smallest absolute Gasteiger partial charge is 0.337 e. The van der Waals surface area contributed by atoms with Gasteiger partial charge in [-0.05, 0) is 42.0 Å². The van der Waals surface area contributed by atoms with Crippen LogP contribution < -0.4 is 14.7 Å². The molecule has 0 saturated carbocycles. The van der Waals surface area contributed by atoms with Crippen molar-refractivity contribution >= 4 is 57.6 Å². The number of methoxy groups -OCH3 is 2. The Hall–Kier alpha value is -3.44. The number of rotatable bonds is 5. The molecule has 154 valence electrons. The molecule has 1 heterocycles. The Bertz CT molecular complexity index is 1100. The number of nitro benzene ring substituents is 1. The molecular weight excluding hydrogens is 432 g/mol. The lowest BCUT2D eigenvalue weighted by Gasteiger charge is -2.15. The molecule has 0 atom stereocenters. The number of hydrogen-bond acceptors (Lipinski definition) is 9. The van der Waals surface area contributed by atoms with Gasteiger partial charge in [-0.15, -0.1) is 0 Å². The lowest BCUT2D eigenvalue weighted by atomic mass is 10.1. The van der Waals surface area contributed by atoms with E-state index in [1.165, 1.54) is 43.4 Å². The van der Waals surface area contributed by atoms with Crippen LogP contribution in [0.25, 0.3) is 6.08 Å². The number of esters is 1. The largest absolute Gasteiger partial charge is 0.865 e. The molecule has 0 radical (unpaired) electrons. The summed E-state index contributed by atoms with van der Waals surface area (Å²) in [5, 5.41) is 23.1. The summed E-state index contributed by atoms with van der Waals surface area (Å²) >= 11 is 6.30. The van der Waals surface area contributed by atoms with E-state index in [9.17, 15) is 24.8 Å². The van der Waals surface area contributed by atoms with Crippen LogP contribution in [0.1, 0.15) is 15.9 Å². The Morgan fingerprint density at radius 3 is 2.47 bits per heavy atom. The number of carbonyl (C=O) groups is 2. The standard InChI is InChI=1S/C19H14N2O7S2/c1-27-14-8-10(7-13(16(14)22)21(25)26)9-15-17(23)20(19(29)30-15)12-5-3-11(4-6-12)18(24)28-2/h3-9,22H,1-2H3/p-1/b15-9-. The van der Waals surface area contributed by atoms with Crippen LogP contribution in [0.3, 0.4) is 0 Å². The first-order valence-electron chi connectivity index (χ1n) is 8.26. The summed E-state index contributed by atoms with van der Waals surface area (Å²) in [6.45, 7) is 0. The van der Waals surface area contributed by atoms with E-state index in [2.05, 4.69) is 4.74 Å². The number of amides is 1. The fourth-order valence-corrected chi connectivity index (χ4v) is 3.98. The van der Waals surface area contributed by atoms with E-state index in [4.69, 9.17) is 17.0 Å². The van der Waals surface area contributed by atoms with Crippen LogP contribution in [0, 0.1) is 10.1 Å². The first-order chi connectivity index (χ1) is 14.3. The molecule has 2 aromatic carbocycles. The van der Waals surface area contributed by atoms with E-state index in [0.29, 0.717) is 11.3 Å². The fourth-order valence-electron chi connectivity index (χ4n) is 2.68. The third kappa shape index (κ3) is 3.98. The van der Waals surface area contributed by atoms with Crippen molar-refractivity contribution in [3.8, 4) is 11.5 Å². The third-order valence-corrected chi connectivity index (χ3v) is 5.41. The van der Waals surface area contributed by atoms with Crippen LogP contribution in [0.15, 0.2) is 41.3 Å². The molecule has 0 spiro atoms. The second-order valence-corrected chi connectivity index (χ2v) is 7.56. The molecule has 1 saturated heterocycles. The molecule has 2 aromatic rings. The number of nitro groups is 1. The Labute approximate surface area is 180 Å². The van der Waals surface area contributed by atoms with Gasteiger partial charge in [-0.3, -0.25) is 19.8 Å². The molecule has 3 rings (SSSR count). The van der Waals surface area contributed by atoms with Gasteiger partial charge < -0.3 is 14.6 Å². The SMILES string of the molecule is COC(=O)c1ccc(N2C(=O)/C(=C/c3cc(OC)c([O-])c([N+](=O)[O-])c3)SC2=S)cc1. The zero-order valence-electron chi connectivity index (χ0n) is 15.6. The zero-order valence-corrected chi connectivity index (χ0v) is 17.2. The van der Waals surface area contributed by atoms with Crippen molar-refractivity contribution in [2.24, 2.45) is 0 Å². The number of nitrogens with zero attached hydrogens (tertiary/aromatic N) is 2. The number of thioether (sulfide) groups is 1. The topological polar surface area (TPSA) is 122 Å². The van der Waals surface area contributed by atoms with Gasteiger partial charge in [-0.2, -0.15) is 0 Å². The normalized spacial score (nSPS) is 14.9. The van der Waals surface area contributed by atoms with Crippen LogP contribution in [0.4, 0.5) is 11.4 Å². The third-order valence-electron chi connectivity index (χ3n) is 4.11. The summed E-state index contributed by atoms with van der Waals surface area (Å²) in [7, 11) is 2.49. The van der Waals surface area contributed by atoms with Crippen molar-refractivity contribution in [2.75, 3.05) is 19.1 Å². The molecule has 0 aliphatic carbocycles. The predicted octanol–water partition coefficient (Wildman–Crippen LogP) is 2.87. The molecule has 0 N–H and O–H groups in total. The van der Waals surface area contributed by atoms with Crippen LogP contribution in [-0.2, 0) is 9.53 Å².